The number of likely N-dealkylation sites (tertiary alicyclic amines) is 1. The van der Waals surface area contributed by atoms with Gasteiger partial charge in [0.25, 0.3) is 0 Å². The van der Waals surface area contributed by atoms with Crippen molar-refractivity contribution in [1.29, 1.82) is 0 Å². The van der Waals surface area contributed by atoms with E-state index in [0.29, 0.717) is 11.1 Å². The highest BCUT2D eigenvalue weighted by atomic mass is 16.8. The fraction of sp³-hybridized carbons (Fsp3) is 0.571. The average molecular weight is 676 g/mol. The molecule has 0 aliphatic carbocycles. The van der Waals surface area contributed by atoms with Crippen molar-refractivity contribution in [3.05, 3.63) is 71.5 Å². The van der Waals surface area contributed by atoms with Crippen molar-refractivity contribution in [2.75, 3.05) is 27.3 Å². The summed E-state index contributed by atoms with van der Waals surface area (Å²) in [6, 6.07) is 0. The van der Waals surface area contributed by atoms with Crippen molar-refractivity contribution in [2.24, 2.45) is 17.3 Å². The van der Waals surface area contributed by atoms with Crippen LogP contribution in [0.2, 0.25) is 0 Å². The summed E-state index contributed by atoms with van der Waals surface area (Å²) < 4.78 is 10.6. The molecule has 0 aromatic rings. The van der Waals surface area contributed by atoms with Crippen molar-refractivity contribution in [2.45, 2.75) is 84.3 Å². The predicted molar refractivity (Wildman–Crippen MR) is 178 cm³/mol. The number of nitrogens with one attached hydrogen (secondary N) is 1. The maximum absolute atomic E-state index is 12.9. The Labute approximate surface area is 283 Å². The Balaban J connectivity index is 1.92. The van der Waals surface area contributed by atoms with E-state index >= 15 is 0 Å². The number of carbonyl (C=O) groups is 3. The number of ether oxygens (including phenoxy) is 2. The Morgan fingerprint density at radius 1 is 1.15 bits per heavy atom. The zero-order chi connectivity index (χ0) is 36.6. The third-order valence-corrected chi connectivity index (χ3v) is 9.72. The molecule has 2 fully saturated rings. The maximum Gasteiger partial charge on any atom is 0.338 e. The lowest BCUT2D eigenvalue weighted by molar-refractivity contribution is -0.278. The summed E-state index contributed by atoms with van der Waals surface area (Å²) in [5.74, 6) is -2.76. The summed E-state index contributed by atoms with van der Waals surface area (Å²) in [5.41, 5.74) is -3.00. The number of aliphatic hydroxyl groups is 3. The molecular formula is C35H53N3O10. The Bertz CT molecular complexity index is 1360. The molecule has 0 radical (unpaired) electrons. The van der Waals surface area contributed by atoms with E-state index in [0.717, 1.165) is 0 Å². The molecule has 48 heavy (non-hydrogen) atoms. The summed E-state index contributed by atoms with van der Waals surface area (Å²) in [5, 5.41) is 54.4. The molecule has 0 aromatic carbocycles. The van der Waals surface area contributed by atoms with Gasteiger partial charge in [0.05, 0.1) is 35.3 Å². The highest BCUT2D eigenvalue weighted by molar-refractivity contribution is 5.99. The van der Waals surface area contributed by atoms with Gasteiger partial charge in [0, 0.05) is 20.7 Å². The van der Waals surface area contributed by atoms with Crippen molar-refractivity contribution in [3.8, 4) is 0 Å². The van der Waals surface area contributed by atoms with E-state index < -0.39 is 52.7 Å². The normalized spacial score (nSPS) is 26.8. The smallest absolute Gasteiger partial charge is 0.338 e. The summed E-state index contributed by atoms with van der Waals surface area (Å²) in [4.78, 5) is 39.5. The minimum absolute atomic E-state index is 0.0516. The second-order valence-electron chi connectivity index (χ2n) is 13.2. The van der Waals surface area contributed by atoms with E-state index in [1.54, 1.807) is 103 Å². The molecule has 13 nitrogen and oxygen atoms in total. The minimum Gasteiger partial charge on any atom is -0.460 e. The first-order valence-corrected chi connectivity index (χ1v) is 15.9. The first kappa shape index (κ1) is 40.6. The lowest BCUT2D eigenvalue weighted by atomic mass is 9.68. The summed E-state index contributed by atoms with van der Waals surface area (Å²) in [6.45, 7) is 11.6. The van der Waals surface area contributed by atoms with E-state index in [4.69, 9.17) is 19.9 Å². The SMILES string of the molecule is COC(CC(C)C(O)C=CC=CCNC(=O)C(C)(C)C(O)C(C)=CC=CC=CC(C)=C(C)N(O)O)C1(O)C(C)C(=O)N(C)C12COC2=O. The van der Waals surface area contributed by atoms with Gasteiger partial charge in [-0.15, -0.1) is 5.23 Å². The molecule has 2 aliphatic heterocycles. The van der Waals surface area contributed by atoms with Gasteiger partial charge in [-0.05, 0) is 58.1 Å². The Kier molecular flexibility index (Phi) is 14.1. The molecule has 2 saturated heterocycles. The first-order valence-electron chi connectivity index (χ1n) is 15.9. The largest absolute Gasteiger partial charge is 0.460 e. The second-order valence-corrected chi connectivity index (χ2v) is 13.2. The van der Waals surface area contributed by atoms with Gasteiger partial charge < -0.3 is 35.0 Å². The van der Waals surface area contributed by atoms with Crippen molar-refractivity contribution < 1.29 is 49.6 Å². The van der Waals surface area contributed by atoms with Gasteiger partial charge in [0.1, 0.15) is 12.2 Å². The van der Waals surface area contributed by atoms with Crippen LogP contribution in [0.4, 0.5) is 0 Å². The molecule has 0 saturated carbocycles. The molecule has 2 amide bonds. The van der Waals surface area contributed by atoms with Crippen LogP contribution in [-0.2, 0) is 23.9 Å². The number of methoxy groups -OCH3 is 1. The minimum atomic E-state index is -1.84. The number of esters is 1. The fourth-order valence-corrected chi connectivity index (χ4v) is 5.98. The third-order valence-electron chi connectivity index (χ3n) is 9.72. The van der Waals surface area contributed by atoms with Crippen molar-refractivity contribution in [3.63, 3.8) is 0 Å². The number of cyclic esters (lactones) is 1. The lowest BCUT2D eigenvalue weighted by Crippen LogP contribution is -2.76. The molecule has 0 aromatic heterocycles. The van der Waals surface area contributed by atoms with Crippen LogP contribution in [0.25, 0.3) is 0 Å². The van der Waals surface area contributed by atoms with Gasteiger partial charge in [-0.2, -0.15) is 0 Å². The highest BCUT2D eigenvalue weighted by Gasteiger charge is 2.77. The van der Waals surface area contributed by atoms with E-state index in [9.17, 15) is 29.7 Å². The molecule has 268 valence electrons. The monoisotopic (exact) mass is 675 g/mol. The predicted octanol–water partition coefficient (Wildman–Crippen LogP) is 2.57. The number of likely N-dealkylation sites (N-methyl/N-ethyl adjacent to an activating group) is 1. The standard InChI is InChI=1S/C35H53N3O10/c1-22(26(5)38(45)46)16-12-10-13-17-23(2)29(40)33(6,7)31(42)36-19-15-11-14-18-27(39)24(3)20-28(47-9)35(44)25(4)30(41)37(8)34(35)21-48-32(34)43/h10-18,24-25,27-29,39-40,44-46H,19-21H2,1-9H3,(H,36,42). The first-order chi connectivity index (χ1) is 22.3. The van der Waals surface area contributed by atoms with Crippen LogP contribution in [0.5, 0.6) is 0 Å². The maximum atomic E-state index is 12.9. The molecular weight excluding hydrogens is 622 g/mol. The molecule has 2 heterocycles. The van der Waals surface area contributed by atoms with Crippen LogP contribution in [0, 0.1) is 17.3 Å². The number of carbonyl (C=O) groups excluding carboxylic acids is 3. The Hall–Kier alpha value is -3.59. The molecule has 7 atom stereocenters. The molecule has 6 N–H and O–H groups in total. The zero-order valence-corrected chi connectivity index (χ0v) is 29.4. The number of hydrogen-bond donors (Lipinski definition) is 6. The quantitative estimate of drug-likeness (QED) is 0.0802. The van der Waals surface area contributed by atoms with E-state index in [2.05, 4.69) is 5.32 Å². The van der Waals surface area contributed by atoms with Crippen LogP contribution in [-0.4, -0.2) is 110 Å². The van der Waals surface area contributed by atoms with Crippen LogP contribution in [0.1, 0.15) is 54.9 Å². The van der Waals surface area contributed by atoms with Crippen molar-refractivity contribution >= 4 is 17.8 Å². The number of nitrogens with zero attached hydrogens (tertiary/aromatic N) is 2. The summed E-state index contributed by atoms with van der Waals surface area (Å²) in [7, 11) is 2.86. The van der Waals surface area contributed by atoms with Crippen LogP contribution >= 0.6 is 0 Å². The number of aliphatic hydroxyl groups excluding tert-OH is 2. The van der Waals surface area contributed by atoms with Gasteiger partial charge in [0.2, 0.25) is 17.4 Å². The molecule has 1 spiro atoms. The zero-order valence-electron chi connectivity index (χ0n) is 29.4. The fourth-order valence-electron chi connectivity index (χ4n) is 5.98. The molecule has 2 rings (SSSR count). The molecule has 13 heteroatoms. The number of hydroxylamine groups is 2. The molecule has 7 unspecified atom stereocenters. The van der Waals surface area contributed by atoms with E-state index in [1.165, 1.54) is 19.1 Å². The van der Waals surface area contributed by atoms with Crippen LogP contribution in [0.3, 0.4) is 0 Å². The van der Waals surface area contributed by atoms with Gasteiger partial charge in [0.15, 0.2) is 0 Å². The number of allylic oxidation sites excluding steroid dienone is 9. The highest BCUT2D eigenvalue weighted by Crippen LogP contribution is 2.51. The number of hydrogen-bond acceptors (Lipinski definition) is 11. The molecule has 0 bridgehead atoms. The van der Waals surface area contributed by atoms with Gasteiger partial charge in [-0.3, -0.25) is 20.0 Å². The number of rotatable bonds is 16. The van der Waals surface area contributed by atoms with Gasteiger partial charge in [-0.25, -0.2) is 4.79 Å². The Morgan fingerprint density at radius 2 is 1.79 bits per heavy atom. The topological polar surface area (TPSA) is 189 Å². The van der Waals surface area contributed by atoms with Gasteiger partial charge >= 0.3 is 5.97 Å². The second kappa shape index (κ2) is 16.7. The lowest BCUT2D eigenvalue weighted by Gasteiger charge is -2.51. The van der Waals surface area contributed by atoms with E-state index in [1.807, 2.05) is 0 Å². The Morgan fingerprint density at radius 3 is 2.33 bits per heavy atom. The number of amides is 2. The van der Waals surface area contributed by atoms with E-state index in [-0.39, 0.29) is 42.3 Å². The van der Waals surface area contributed by atoms with Gasteiger partial charge in [-0.1, -0.05) is 68.5 Å². The summed E-state index contributed by atoms with van der Waals surface area (Å²) >= 11 is 0. The molecule has 2 aliphatic rings. The summed E-state index contributed by atoms with van der Waals surface area (Å²) in [6.07, 6.45) is 12.3. The van der Waals surface area contributed by atoms with Crippen LogP contribution in [0.15, 0.2) is 71.5 Å². The third kappa shape index (κ3) is 8.16. The van der Waals surface area contributed by atoms with Crippen molar-refractivity contribution in [1.82, 2.24) is 15.4 Å². The average Bonchev–Trinajstić information content (AvgIpc) is 3.20. The van der Waals surface area contributed by atoms with Crippen LogP contribution < -0.4 is 5.32 Å².